The lowest BCUT2D eigenvalue weighted by atomic mass is 9.96. The first-order chi connectivity index (χ1) is 12.8. The number of carbonyl (C=O) groups is 2. The van der Waals surface area contributed by atoms with Crippen LogP contribution in [0.25, 0.3) is 0 Å². The summed E-state index contributed by atoms with van der Waals surface area (Å²) in [5.41, 5.74) is 1.59. The van der Waals surface area contributed by atoms with Gasteiger partial charge in [0.2, 0.25) is 5.91 Å². The molecule has 142 valence electrons. The molecule has 2 aromatic rings. The van der Waals surface area contributed by atoms with Crippen molar-refractivity contribution in [2.24, 2.45) is 0 Å². The van der Waals surface area contributed by atoms with E-state index in [2.05, 4.69) is 5.32 Å². The van der Waals surface area contributed by atoms with Gasteiger partial charge in [0.15, 0.2) is 6.54 Å². The summed E-state index contributed by atoms with van der Waals surface area (Å²) in [7, 11) is 3.62. The molecular weight excluding hydrogens is 342 g/mol. The van der Waals surface area contributed by atoms with Crippen molar-refractivity contribution in [3.05, 3.63) is 54.1 Å². The number of para-hydroxylation sites is 2. The molecule has 1 aliphatic rings. The van der Waals surface area contributed by atoms with Gasteiger partial charge in [0.1, 0.15) is 17.8 Å². The highest BCUT2D eigenvalue weighted by molar-refractivity contribution is 6.14. The number of fused-ring (bicyclic) bond motifs is 1. The number of nitrogens with one attached hydrogen (secondary N) is 2. The van der Waals surface area contributed by atoms with E-state index in [9.17, 15) is 9.59 Å². The Morgan fingerprint density at radius 1 is 1.15 bits per heavy atom. The number of nitrogens with zero attached hydrogens (tertiary/aromatic N) is 1. The van der Waals surface area contributed by atoms with E-state index in [-0.39, 0.29) is 18.4 Å². The minimum absolute atomic E-state index is 0.0756. The maximum absolute atomic E-state index is 13.1. The molecule has 27 heavy (non-hydrogen) atoms. The van der Waals surface area contributed by atoms with Gasteiger partial charge in [-0.15, -0.1) is 0 Å². The zero-order valence-corrected chi connectivity index (χ0v) is 16.2. The SMILES string of the molecule is COc1ccc(C[NH+](C)CC(=O)N2c3ccccc3NC(=O)C2(C)C)cc1. The molecule has 2 amide bonds. The van der Waals surface area contributed by atoms with Gasteiger partial charge in [0, 0.05) is 5.56 Å². The summed E-state index contributed by atoms with van der Waals surface area (Å²) in [5.74, 6) is 0.556. The first-order valence-corrected chi connectivity index (χ1v) is 9.00. The molecule has 0 saturated carbocycles. The molecule has 1 atom stereocenters. The summed E-state index contributed by atoms with van der Waals surface area (Å²) in [5, 5.41) is 2.89. The minimum Gasteiger partial charge on any atom is -0.497 e. The van der Waals surface area contributed by atoms with Crippen molar-refractivity contribution < 1.29 is 19.2 Å². The lowest BCUT2D eigenvalue weighted by Crippen LogP contribution is -3.09. The largest absolute Gasteiger partial charge is 0.497 e. The number of methoxy groups -OCH3 is 1. The van der Waals surface area contributed by atoms with Crippen LogP contribution in [0.4, 0.5) is 11.4 Å². The maximum atomic E-state index is 13.1. The number of anilines is 2. The Morgan fingerprint density at radius 3 is 2.48 bits per heavy atom. The Morgan fingerprint density at radius 2 is 1.81 bits per heavy atom. The molecule has 0 bridgehead atoms. The van der Waals surface area contributed by atoms with Crippen LogP contribution in [0.15, 0.2) is 48.5 Å². The molecule has 0 fully saturated rings. The molecule has 3 rings (SSSR count). The van der Waals surface area contributed by atoms with Crippen LogP contribution in [0.5, 0.6) is 5.75 Å². The van der Waals surface area contributed by atoms with E-state index >= 15 is 0 Å². The molecule has 2 N–H and O–H groups in total. The van der Waals surface area contributed by atoms with Crippen LogP contribution in [0.3, 0.4) is 0 Å². The second-order valence-electron chi connectivity index (χ2n) is 7.42. The number of benzene rings is 2. The Balaban J connectivity index is 1.76. The lowest BCUT2D eigenvalue weighted by molar-refractivity contribution is -0.885. The van der Waals surface area contributed by atoms with Gasteiger partial charge >= 0.3 is 0 Å². The Labute approximate surface area is 159 Å². The number of carbonyl (C=O) groups excluding carboxylic acids is 2. The summed E-state index contributed by atoms with van der Waals surface area (Å²) in [4.78, 5) is 28.3. The number of hydrogen-bond acceptors (Lipinski definition) is 3. The predicted molar refractivity (Wildman–Crippen MR) is 105 cm³/mol. The first-order valence-electron chi connectivity index (χ1n) is 9.00. The highest BCUT2D eigenvalue weighted by Gasteiger charge is 2.44. The molecule has 0 aliphatic carbocycles. The molecule has 0 radical (unpaired) electrons. The van der Waals surface area contributed by atoms with Gasteiger partial charge in [-0.1, -0.05) is 12.1 Å². The van der Waals surface area contributed by atoms with E-state index in [0.717, 1.165) is 21.9 Å². The van der Waals surface area contributed by atoms with Gasteiger partial charge in [-0.25, -0.2) is 0 Å². The van der Waals surface area contributed by atoms with Crippen LogP contribution >= 0.6 is 0 Å². The van der Waals surface area contributed by atoms with Gasteiger partial charge in [0.25, 0.3) is 5.91 Å². The summed E-state index contributed by atoms with van der Waals surface area (Å²) in [6, 6.07) is 15.2. The summed E-state index contributed by atoms with van der Waals surface area (Å²) >= 11 is 0. The summed E-state index contributed by atoms with van der Waals surface area (Å²) in [6.45, 7) is 4.54. The topological polar surface area (TPSA) is 63.1 Å². The van der Waals surface area contributed by atoms with Crippen LogP contribution in [0, 0.1) is 0 Å². The zero-order chi connectivity index (χ0) is 19.6. The third-order valence-electron chi connectivity index (χ3n) is 4.88. The second-order valence-corrected chi connectivity index (χ2v) is 7.42. The molecule has 6 nitrogen and oxygen atoms in total. The van der Waals surface area contributed by atoms with Gasteiger partial charge in [-0.2, -0.15) is 0 Å². The van der Waals surface area contributed by atoms with Crippen molar-refractivity contribution in [1.82, 2.24) is 0 Å². The van der Waals surface area contributed by atoms with E-state index < -0.39 is 5.54 Å². The van der Waals surface area contributed by atoms with Gasteiger partial charge in [0.05, 0.1) is 25.5 Å². The van der Waals surface area contributed by atoms with E-state index in [1.54, 1.807) is 25.9 Å². The zero-order valence-electron chi connectivity index (χ0n) is 16.2. The van der Waals surface area contributed by atoms with E-state index in [1.807, 2.05) is 55.6 Å². The van der Waals surface area contributed by atoms with Crippen molar-refractivity contribution in [2.75, 3.05) is 30.9 Å². The Hall–Kier alpha value is -2.86. The molecule has 2 aromatic carbocycles. The fourth-order valence-electron chi connectivity index (χ4n) is 3.39. The minimum atomic E-state index is -0.939. The molecule has 6 heteroatoms. The normalized spacial score (nSPS) is 16.3. The van der Waals surface area contributed by atoms with E-state index in [1.165, 1.54) is 0 Å². The van der Waals surface area contributed by atoms with Crippen LogP contribution in [0.2, 0.25) is 0 Å². The van der Waals surface area contributed by atoms with Gasteiger partial charge in [-0.05, 0) is 50.2 Å². The number of quaternary nitrogens is 1. The average Bonchev–Trinajstić information content (AvgIpc) is 2.63. The lowest BCUT2D eigenvalue weighted by Gasteiger charge is -2.42. The molecular formula is C21H26N3O3+. The molecule has 0 saturated heterocycles. The third-order valence-corrected chi connectivity index (χ3v) is 4.88. The number of ether oxygens (including phenoxy) is 1. The van der Waals surface area contributed by atoms with Gasteiger partial charge < -0.3 is 15.0 Å². The molecule has 0 aromatic heterocycles. The number of hydrogen-bond donors (Lipinski definition) is 2. The molecule has 1 unspecified atom stereocenters. The highest BCUT2D eigenvalue weighted by atomic mass is 16.5. The second kappa shape index (κ2) is 7.40. The van der Waals surface area contributed by atoms with Crippen LogP contribution in [-0.2, 0) is 16.1 Å². The average molecular weight is 368 g/mol. The Kier molecular flexibility index (Phi) is 5.19. The molecule has 1 aliphatic heterocycles. The smallest absolute Gasteiger partial charge is 0.283 e. The molecule has 1 heterocycles. The van der Waals surface area contributed by atoms with E-state index in [4.69, 9.17) is 4.74 Å². The fourth-order valence-corrected chi connectivity index (χ4v) is 3.39. The first kappa shape index (κ1) is 18.9. The summed E-state index contributed by atoms with van der Waals surface area (Å²) < 4.78 is 5.18. The van der Waals surface area contributed by atoms with Crippen molar-refractivity contribution >= 4 is 23.2 Å². The van der Waals surface area contributed by atoms with Crippen molar-refractivity contribution in [3.8, 4) is 5.75 Å². The maximum Gasteiger partial charge on any atom is 0.283 e. The monoisotopic (exact) mass is 368 g/mol. The standard InChI is InChI=1S/C21H25N3O3/c1-21(2)20(26)22-17-7-5-6-8-18(17)24(21)19(25)14-23(3)13-15-9-11-16(27-4)12-10-15/h5-12H,13-14H2,1-4H3,(H,22,26)/p+1. The van der Waals surface area contributed by atoms with Crippen molar-refractivity contribution in [3.63, 3.8) is 0 Å². The quantitative estimate of drug-likeness (QED) is 0.840. The predicted octanol–water partition coefficient (Wildman–Crippen LogP) is 1.47. The van der Waals surface area contributed by atoms with Crippen LogP contribution in [-0.4, -0.2) is 38.1 Å². The summed E-state index contributed by atoms with van der Waals surface area (Å²) in [6.07, 6.45) is 0. The van der Waals surface area contributed by atoms with Crippen LogP contribution < -0.4 is 19.9 Å². The molecule has 0 spiro atoms. The number of likely N-dealkylation sites (N-methyl/N-ethyl adjacent to an activating group) is 1. The van der Waals surface area contributed by atoms with Crippen molar-refractivity contribution in [1.29, 1.82) is 0 Å². The van der Waals surface area contributed by atoms with Crippen LogP contribution in [0.1, 0.15) is 19.4 Å². The fraction of sp³-hybridized carbons (Fsp3) is 0.333. The van der Waals surface area contributed by atoms with Gasteiger partial charge in [-0.3, -0.25) is 14.5 Å². The number of rotatable bonds is 5. The van der Waals surface area contributed by atoms with E-state index in [0.29, 0.717) is 12.2 Å². The Bertz CT molecular complexity index is 846. The van der Waals surface area contributed by atoms with Crippen molar-refractivity contribution in [2.45, 2.75) is 25.9 Å². The highest BCUT2D eigenvalue weighted by Crippen LogP contribution is 2.36. The number of amides is 2. The third kappa shape index (κ3) is 3.80.